The second-order valence-corrected chi connectivity index (χ2v) is 12.3. The SMILES string of the molecule is CC1(C)c2ccccc2N(c2ccc3c(c2)C(C)(c2ccccc2)c2ccccc2-3)c2ccc(-c3ccccc3)cc21. The standard InChI is InChI=1S/C41H33N/c1-40(2)35-20-12-13-21-38(35)42(39-25-22-29(26-37(39)40)28-14-6-4-7-15-28)31-23-24-33-32-18-10-11-19-34(32)41(3,36(33)27-31)30-16-8-5-9-17-30/h4-27H,1-3H3. The molecule has 1 aliphatic carbocycles. The predicted octanol–water partition coefficient (Wildman–Crippen LogP) is 10.8. The highest BCUT2D eigenvalue weighted by Gasteiger charge is 2.42. The molecular formula is C41H33N. The average Bonchev–Trinajstić information content (AvgIpc) is 3.30. The minimum atomic E-state index is -0.238. The number of hydrogen-bond donors (Lipinski definition) is 0. The molecule has 0 N–H and O–H groups in total. The topological polar surface area (TPSA) is 3.24 Å². The summed E-state index contributed by atoms with van der Waals surface area (Å²) >= 11 is 0. The van der Waals surface area contributed by atoms with Crippen LogP contribution in [0.5, 0.6) is 0 Å². The van der Waals surface area contributed by atoms with Gasteiger partial charge in [0.2, 0.25) is 0 Å². The summed E-state index contributed by atoms with van der Waals surface area (Å²) in [5.41, 5.74) is 15.2. The van der Waals surface area contributed by atoms with Crippen LogP contribution >= 0.6 is 0 Å². The first-order chi connectivity index (χ1) is 20.5. The lowest BCUT2D eigenvalue weighted by Crippen LogP contribution is -2.31. The summed E-state index contributed by atoms with van der Waals surface area (Å²) in [6.45, 7) is 7.12. The number of nitrogens with zero attached hydrogens (tertiary/aromatic N) is 1. The molecule has 1 atom stereocenters. The van der Waals surface area contributed by atoms with Gasteiger partial charge >= 0.3 is 0 Å². The zero-order valence-corrected chi connectivity index (χ0v) is 24.3. The highest BCUT2D eigenvalue weighted by Crippen LogP contribution is 2.56. The molecule has 1 nitrogen and oxygen atoms in total. The zero-order chi connectivity index (χ0) is 28.5. The van der Waals surface area contributed by atoms with E-state index < -0.39 is 0 Å². The van der Waals surface area contributed by atoms with Crippen LogP contribution in [0.15, 0.2) is 146 Å². The van der Waals surface area contributed by atoms with E-state index in [2.05, 4.69) is 171 Å². The van der Waals surface area contributed by atoms with Gasteiger partial charge in [-0.25, -0.2) is 0 Å². The fourth-order valence-corrected chi connectivity index (χ4v) is 7.49. The van der Waals surface area contributed by atoms with Gasteiger partial charge in [-0.05, 0) is 87.3 Å². The van der Waals surface area contributed by atoms with Crippen molar-refractivity contribution in [3.05, 3.63) is 173 Å². The number of benzene rings is 6. The molecule has 8 rings (SSSR count). The van der Waals surface area contributed by atoms with E-state index in [1.165, 1.54) is 67.1 Å². The average molecular weight is 540 g/mol. The molecule has 1 heteroatoms. The van der Waals surface area contributed by atoms with E-state index in [0.29, 0.717) is 0 Å². The number of anilines is 3. The molecule has 1 heterocycles. The van der Waals surface area contributed by atoms with Crippen molar-refractivity contribution in [3.8, 4) is 22.3 Å². The Balaban J connectivity index is 1.36. The molecule has 0 radical (unpaired) electrons. The van der Waals surface area contributed by atoms with E-state index in [4.69, 9.17) is 0 Å². The van der Waals surface area contributed by atoms with Crippen LogP contribution in [0, 0.1) is 0 Å². The van der Waals surface area contributed by atoms with Gasteiger partial charge in [0.25, 0.3) is 0 Å². The quantitative estimate of drug-likeness (QED) is 0.216. The molecule has 0 fully saturated rings. The first kappa shape index (κ1) is 24.9. The minimum absolute atomic E-state index is 0.140. The smallest absolute Gasteiger partial charge is 0.0503 e. The third kappa shape index (κ3) is 3.43. The number of para-hydroxylation sites is 1. The Bertz CT molecular complexity index is 1970. The van der Waals surface area contributed by atoms with Crippen LogP contribution in [0.1, 0.15) is 48.6 Å². The van der Waals surface area contributed by atoms with Gasteiger partial charge < -0.3 is 4.90 Å². The highest BCUT2D eigenvalue weighted by atomic mass is 15.2. The molecule has 6 aromatic carbocycles. The molecule has 0 saturated carbocycles. The van der Waals surface area contributed by atoms with E-state index in [1.54, 1.807) is 0 Å². The van der Waals surface area contributed by atoms with Crippen molar-refractivity contribution >= 4 is 17.1 Å². The highest BCUT2D eigenvalue weighted by molar-refractivity contribution is 5.91. The summed E-state index contributed by atoms with van der Waals surface area (Å²) in [7, 11) is 0. The van der Waals surface area contributed by atoms with Gasteiger partial charge in [0, 0.05) is 16.5 Å². The minimum Gasteiger partial charge on any atom is -0.310 e. The Hall–Kier alpha value is -4.88. The Morgan fingerprint density at radius 3 is 1.83 bits per heavy atom. The van der Waals surface area contributed by atoms with Crippen molar-refractivity contribution in [1.29, 1.82) is 0 Å². The van der Waals surface area contributed by atoms with Gasteiger partial charge in [-0.1, -0.05) is 129 Å². The van der Waals surface area contributed by atoms with E-state index in [9.17, 15) is 0 Å². The van der Waals surface area contributed by atoms with Gasteiger partial charge in [-0.2, -0.15) is 0 Å². The van der Waals surface area contributed by atoms with Crippen LogP contribution in [0.2, 0.25) is 0 Å². The maximum Gasteiger partial charge on any atom is 0.0503 e. The first-order valence-electron chi connectivity index (χ1n) is 14.9. The first-order valence-corrected chi connectivity index (χ1v) is 14.9. The fourth-order valence-electron chi connectivity index (χ4n) is 7.49. The molecule has 0 aromatic heterocycles. The number of rotatable bonds is 3. The van der Waals surface area contributed by atoms with Crippen molar-refractivity contribution in [2.45, 2.75) is 31.6 Å². The lowest BCUT2D eigenvalue weighted by molar-refractivity contribution is 0.632. The molecule has 6 aromatic rings. The lowest BCUT2D eigenvalue weighted by atomic mass is 9.72. The number of fused-ring (bicyclic) bond motifs is 5. The molecule has 0 bridgehead atoms. The normalized spacial score (nSPS) is 17.6. The molecule has 2 aliphatic rings. The predicted molar refractivity (Wildman–Crippen MR) is 176 cm³/mol. The molecule has 1 unspecified atom stereocenters. The van der Waals surface area contributed by atoms with Crippen molar-refractivity contribution in [2.75, 3.05) is 4.90 Å². The van der Waals surface area contributed by atoms with Crippen LogP contribution in [0.25, 0.3) is 22.3 Å². The van der Waals surface area contributed by atoms with Crippen molar-refractivity contribution in [1.82, 2.24) is 0 Å². The summed E-state index contributed by atoms with van der Waals surface area (Å²) in [6.07, 6.45) is 0. The number of hydrogen-bond acceptors (Lipinski definition) is 1. The summed E-state index contributed by atoms with van der Waals surface area (Å²) in [4.78, 5) is 2.49. The Morgan fingerprint density at radius 2 is 1.05 bits per heavy atom. The summed E-state index contributed by atoms with van der Waals surface area (Å²) < 4.78 is 0. The second-order valence-electron chi connectivity index (χ2n) is 12.3. The third-order valence-electron chi connectivity index (χ3n) is 9.74. The summed E-state index contributed by atoms with van der Waals surface area (Å²) in [5, 5.41) is 0. The Labute approximate surface area is 248 Å². The molecule has 202 valence electrons. The van der Waals surface area contributed by atoms with Gasteiger partial charge in [0.1, 0.15) is 0 Å². The van der Waals surface area contributed by atoms with Crippen LogP contribution in [-0.2, 0) is 10.8 Å². The summed E-state index contributed by atoms with van der Waals surface area (Å²) in [6, 6.07) is 53.7. The maximum atomic E-state index is 2.49. The Morgan fingerprint density at radius 1 is 0.429 bits per heavy atom. The third-order valence-corrected chi connectivity index (χ3v) is 9.74. The van der Waals surface area contributed by atoms with Crippen LogP contribution in [-0.4, -0.2) is 0 Å². The maximum absolute atomic E-state index is 2.49. The Kier molecular flexibility index (Phi) is 5.37. The van der Waals surface area contributed by atoms with E-state index in [0.717, 1.165) is 0 Å². The largest absolute Gasteiger partial charge is 0.310 e. The fraction of sp³-hybridized carbons (Fsp3) is 0.122. The van der Waals surface area contributed by atoms with Gasteiger partial charge in [0.05, 0.1) is 11.4 Å². The van der Waals surface area contributed by atoms with E-state index in [-0.39, 0.29) is 10.8 Å². The van der Waals surface area contributed by atoms with Gasteiger partial charge in [-0.15, -0.1) is 0 Å². The molecule has 0 spiro atoms. The summed E-state index contributed by atoms with van der Waals surface area (Å²) in [5.74, 6) is 0. The van der Waals surface area contributed by atoms with Gasteiger partial charge in [-0.3, -0.25) is 0 Å². The van der Waals surface area contributed by atoms with Crippen LogP contribution in [0.4, 0.5) is 17.1 Å². The molecular weight excluding hydrogens is 506 g/mol. The molecule has 0 saturated heterocycles. The zero-order valence-electron chi connectivity index (χ0n) is 24.3. The second kappa shape index (κ2) is 9.06. The van der Waals surface area contributed by atoms with Crippen LogP contribution < -0.4 is 4.90 Å². The molecule has 42 heavy (non-hydrogen) atoms. The van der Waals surface area contributed by atoms with Crippen molar-refractivity contribution < 1.29 is 0 Å². The van der Waals surface area contributed by atoms with Crippen molar-refractivity contribution in [2.24, 2.45) is 0 Å². The van der Waals surface area contributed by atoms with Crippen molar-refractivity contribution in [3.63, 3.8) is 0 Å². The van der Waals surface area contributed by atoms with E-state index >= 15 is 0 Å². The molecule has 1 aliphatic heterocycles. The monoisotopic (exact) mass is 539 g/mol. The van der Waals surface area contributed by atoms with Gasteiger partial charge in [0.15, 0.2) is 0 Å². The molecule has 0 amide bonds. The lowest BCUT2D eigenvalue weighted by Gasteiger charge is -2.42. The van der Waals surface area contributed by atoms with E-state index in [1.807, 2.05) is 0 Å². The van der Waals surface area contributed by atoms with Crippen LogP contribution in [0.3, 0.4) is 0 Å².